The van der Waals surface area contributed by atoms with Crippen molar-refractivity contribution in [2.75, 3.05) is 24.3 Å². The molecule has 0 aromatic carbocycles. The van der Waals surface area contributed by atoms with Gasteiger partial charge in [0, 0.05) is 14.1 Å². The van der Waals surface area contributed by atoms with Gasteiger partial charge in [0.1, 0.15) is 10.0 Å². The molecule has 0 spiro atoms. The van der Waals surface area contributed by atoms with E-state index in [2.05, 4.69) is 15.3 Å². The van der Waals surface area contributed by atoms with Gasteiger partial charge in [-0.3, -0.25) is 9.59 Å². The summed E-state index contributed by atoms with van der Waals surface area (Å²) in [5.74, 6) is -1.32. The number of anilines is 2. The molecule has 2 heterocycles. The van der Waals surface area contributed by atoms with Crippen molar-refractivity contribution < 1.29 is 9.59 Å². The molecule has 2 amide bonds. The summed E-state index contributed by atoms with van der Waals surface area (Å²) in [4.78, 5) is 33.4. The van der Waals surface area contributed by atoms with E-state index < -0.39 is 11.8 Å². The van der Waals surface area contributed by atoms with Gasteiger partial charge in [0.15, 0.2) is 16.0 Å². The van der Waals surface area contributed by atoms with Crippen LogP contribution in [0.25, 0.3) is 0 Å². The zero-order valence-electron chi connectivity index (χ0n) is 11.6. The maximum Gasteiger partial charge on any atom is 0.269 e. The summed E-state index contributed by atoms with van der Waals surface area (Å²) in [6.07, 6.45) is 0. The number of nitrogens with zero attached hydrogens (tertiary/aromatic N) is 3. The summed E-state index contributed by atoms with van der Waals surface area (Å²) in [7, 11) is 3.57. The molecule has 0 aliphatic rings. The summed E-state index contributed by atoms with van der Waals surface area (Å²) in [6.45, 7) is 0. The van der Waals surface area contributed by atoms with Gasteiger partial charge in [-0.25, -0.2) is 9.97 Å². The van der Waals surface area contributed by atoms with Crippen LogP contribution in [0.15, 0.2) is 12.1 Å². The summed E-state index contributed by atoms with van der Waals surface area (Å²) in [6, 6.07) is 2.87. The van der Waals surface area contributed by atoms with Crippen molar-refractivity contribution in [2.45, 2.75) is 0 Å². The van der Waals surface area contributed by atoms with E-state index in [0.717, 1.165) is 11.3 Å². The van der Waals surface area contributed by atoms with Gasteiger partial charge in [-0.1, -0.05) is 34.5 Å². The van der Waals surface area contributed by atoms with Gasteiger partial charge in [0.05, 0.1) is 5.69 Å². The Morgan fingerprint density at radius 2 is 1.95 bits per heavy atom. The minimum absolute atomic E-state index is 0.0775. The van der Waals surface area contributed by atoms with Crippen molar-refractivity contribution in [2.24, 2.45) is 5.73 Å². The molecule has 10 heteroatoms. The Hall–Kier alpha value is -1.90. The highest BCUT2D eigenvalue weighted by molar-refractivity contribution is 7.18. The second kappa shape index (κ2) is 6.47. The number of pyridine rings is 1. The van der Waals surface area contributed by atoms with Crippen LogP contribution in [-0.2, 0) is 0 Å². The third-order valence-electron chi connectivity index (χ3n) is 2.51. The number of aromatic nitrogens is 2. The van der Waals surface area contributed by atoms with E-state index in [-0.39, 0.29) is 26.6 Å². The summed E-state index contributed by atoms with van der Waals surface area (Å²) in [5, 5.41) is 3.29. The van der Waals surface area contributed by atoms with Crippen LogP contribution >= 0.6 is 34.5 Å². The molecule has 0 atom stereocenters. The lowest BCUT2D eigenvalue weighted by atomic mass is 10.2. The Bertz CT molecular complexity index is 747. The number of rotatable bonds is 4. The van der Waals surface area contributed by atoms with E-state index >= 15 is 0 Å². The van der Waals surface area contributed by atoms with E-state index in [4.69, 9.17) is 28.9 Å². The minimum Gasteiger partial charge on any atom is -0.364 e. The van der Waals surface area contributed by atoms with Crippen LogP contribution in [-0.4, -0.2) is 35.9 Å². The largest absolute Gasteiger partial charge is 0.364 e. The van der Waals surface area contributed by atoms with Crippen LogP contribution in [0.1, 0.15) is 20.2 Å². The Morgan fingerprint density at radius 1 is 1.27 bits per heavy atom. The predicted molar refractivity (Wildman–Crippen MR) is 87.2 cm³/mol. The molecule has 7 nitrogen and oxygen atoms in total. The molecule has 0 aliphatic heterocycles. The molecule has 22 heavy (non-hydrogen) atoms. The minimum atomic E-state index is -0.804. The molecule has 0 aliphatic carbocycles. The van der Waals surface area contributed by atoms with E-state index in [1.54, 1.807) is 19.0 Å². The number of hydrogen-bond acceptors (Lipinski definition) is 6. The molecular weight excluding hydrogens is 349 g/mol. The zero-order chi connectivity index (χ0) is 16.4. The summed E-state index contributed by atoms with van der Waals surface area (Å²) < 4.78 is 0. The van der Waals surface area contributed by atoms with E-state index in [0.29, 0.717) is 5.13 Å². The first kappa shape index (κ1) is 16.5. The smallest absolute Gasteiger partial charge is 0.269 e. The Kier molecular flexibility index (Phi) is 4.84. The van der Waals surface area contributed by atoms with Crippen LogP contribution in [0.5, 0.6) is 0 Å². The van der Waals surface area contributed by atoms with E-state index in [9.17, 15) is 9.59 Å². The molecule has 0 radical (unpaired) electrons. The third kappa shape index (κ3) is 3.46. The monoisotopic (exact) mass is 359 g/mol. The van der Waals surface area contributed by atoms with Gasteiger partial charge in [0.25, 0.3) is 11.8 Å². The number of primary amides is 1. The number of carbonyl (C=O) groups excluding carboxylic acids is 2. The van der Waals surface area contributed by atoms with Crippen molar-refractivity contribution in [3.63, 3.8) is 0 Å². The lowest BCUT2D eigenvalue weighted by molar-refractivity contribution is 0.0996. The van der Waals surface area contributed by atoms with Crippen molar-refractivity contribution in [3.05, 3.63) is 33.0 Å². The molecular formula is C12H11Cl2N5O2S. The fourth-order valence-electron chi connectivity index (χ4n) is 1.53. The molecule has 0 bridgehead atoms. The normalized spacial score (nSPS) is 10.4. The zero-order valence-corrected chi connectivity index (χ0v) is 13.9. The number of nitrogens with one attached hydrogen (secondary N) is 1. The SMILES string of the molecule is CN(C)c1nc(Cl)c(C(=O)Nc2ccc(Cl)nc2C(N)=O)s1. The highest BCUT2D eigenvalue weighted by atomic mass is 35.5. The standard InChI is InChI=1S/C12H11Cl2N5O2S/c1-19(2)12-18-9(14)8(22-12)11(21)16-5-3-4-6(13)17-7(5)10(15)20/h3-4H,1-2H3,(H2,15,20)(H,16,21). The van der Waals surface area contributed by atoms with Gasteiger partial charge in [-0.05, 0) is 12.1 Å². The van der Waals surface area contributed by atoms with Crippen molar-refractivity contribution >= 4 is 57.2 Å². The van der Waals surface area contributed by atoms with Gasteiger partial charge in [0.2, 0.25) is 0 Å². The Morgan fingerprint density at radius 3 is 2.50 bits per heavy atom. The molecule has 2 rings (SSSR count). The molecule has 116 valence electrons. The first-order chi connectivity index (χ1) is 10.3. The predicted octanol–water partition coefficient (Wildman–Crippen LogP) is 2.26. The number of hydrogen-bond donors (Lipinski definition) is 2. The first-order valence-electron chi connectivity index (χ1n) is 5.91. The van der Waals surface area contributed by atoms with E-state index in [1.807, 2.05) is 0 Å². The molecule has 2 aromatic heterocycles. The van der Waals surface area contributed by atoms with Crippen molar-refractivity contribution in [3.8, 4) is 0 Å². The summed E-state index contributed by atoms with van der Waals surface area (Å²) >= 11 is 12.8. The average molecular weight is 360 g/mol. The number of amides is 2. The second-order valence-electron chi connectivity index (χ2n) is 4.36. The lowest BCUT2D eigenvalue weighted by Crippen LogP contribution is -2.19. The van der Waals surface area contributed by atoms with Gasteiger partial charge >= 0.3 is 0 Å². The highest BCUT2D eigenvalue weighted by Gasteiger charge is 2.20. The lowest BCUT2D eigenvalue weighted by Gasteiger charge is -2.07. The Labute approximate surface area is 140 Å². The summed E-state index contributed by atoms with van der Waals surface area (Å²) in [5.41, 5.74) is 5.24. The van der Waals surface area contributed by atoms with Crippen LogP contribution in [0.4, 0.5) is 10.8 Å². The van der Waals surface area contributed by atoms with Crippen LogP contribution in [0.3, 0.4) is 0 Å². The van der Waals surface area contributed by atoms with Crippen molar-refractivity contribution in [1.82, 2.24) is 9.97 Å². The first-order valence-corrected chi connectivity index (χ1v) is 7.48. The molecule has 0 unspecified atom stereocenters. The van der Waals surface area contributed by atoms with Crippen LogP contribution in [0.2, 0.25) is 10.3 Å². The number of halogens is 2. The second-order valence-corrected chi connectivity index (χ2v) is 6.08. The fraction of sp³-hybridized carbons (Fsp3) is 0.167. The maximum absolute atomic E-state index is 12.3. The topological polar surface area (TPSA) is 101 Å². The van der Waals surface area contributed by atoms with Gasteiger partial charge in [-0.2, -0.15) is 0 Å². The van der Waals surface area contributed by atoms with E-state index in [1.165, 1.54) is 12.1 Å². The van der Waals surface area contributed by atoms with Crippen molar-refractivity contribution in [1.29, 1.82) is 0 Å². The van der Waals surface area contributed by atoms with Gasteiger partial charge in [-0.15, -0.1) is 0 Å². The highest BCUT2D eigenvalue weighted by Crippen LogP contribution is 2.29. The Balaban J connectivity index is 2.31. The molecule has 0 fully saturated rings. The number of carbonyl (C=O) groups is 2. The van der Waals surface area contributed by atoms with Crippen LogP contribution in [0, 0.1) is 0 Å². The third-order valence-corrected chi connectivity index (χ3v) is 4.32. The quantitative estimate of drug-likeness (QED) is 0.815. The average Bonchev–Trinajstić information content (AvgIpc) is 2.83. The molecule has 3 N–H and O–H groups in total. The van der Waals surface area contributed by atoms with Crippen LogP contribution < -0.4 is 16.0 Å². The molecule has 0 saturated heterocycles. The number of nitrogens with two attached hydrogens (primary N) is 1. The maximum atomic E-state index is 12.3. The number of thiazole rings is 1. The van der Waals surface area contributed by atoms with Gasteiger partial charge < -0.3 is 16.0 Å². The molecule has 2 aromatic rings. The fourth-order valence-corrected chi connectivity index (χ4v) is 2.78. The molecule has 0 saturated carbocycles.